The monoisotopic (exact) mass is 557 g/mol. The molecule has 0 bridgehead atoms. The van der Waals surface area contributed by atoms with E-state index in [2.05, 4.69) is 47.1 Å². The third-order valence-electron chi connectivity index (χ3n) is 3.86. The zero-order valence-electron chi connectivity index (χ0n) is 15.9. The van der Waals surface area contributed by atoms with E-state index in [1.54, 1.807) is 6.92 Å². The van der Waals surface area contributed by atoms with Gasteiger partial charge in [0.15, 0.2) is 12.4 Å². The van der Waals surface area contributed by atoms with Crippen LogP contribution in [0.2, 0.25) is 0 Å². The van der Waals surface area contributed by atoms with Crippen molar-refractivity contribution in [2.45, 2.75) is 18.7 Å². The summed E-state index contributed by atoms with van der Waals surface area (Å²) in [6, 6.07) is 10.9. The zero-order chi connectivity index (χ0) is 21.9. The Morgan fingerprint density at radius 3 is 2.43 bits per heavy atom. The second-order valence-electron chi connectivity index (χ2n) is 6.32. The number of carbonyl (C=O) groups is 1. The van der Waals surface area contributed by atoms with Crippen LogP contribution in [-0.4, -0.2) is 26.1 Å². The third-order valence-corrected chi connectivity index (χ3v) is 6.27. The number of halogens is 2. The van der Waals surface area contributed by atoms with Gasteiger partial charge in [-0.1, -0.05) is 21.1 Å². The molecule has 30 heavy (non-hydrogen) atoms. The Bertz CT molecular complexity index is 1150. The quantitative estimate of drug-likeness (QED) is 0.437. The molecule has 3 aromatic rings. The van der Waals surface area contributed by atoms with Crippen molar-refractivity contribution in [1.29, 1.82) is 0 Å². The van der Waals surface area contributed by atoms with Gasteiger partial charge in [0.2, 0.25) is 0 Å². The Balaban J connectivity index is 1.60. The van der Waals surface area contributed by atoms with E-state index in [4.69, 9.17) is 9.26 Å². The molecule has 158 valence electrons. The van der Waals surface area contributed by atoms with Gasteiger partial charge < -0.3 is 14.6 Å². The lowest BCUT2D eigenvalue weighted by Crippen LogP contribution is -2.20. The second-order valence-corrected chi connectivity index (χ2v) is 9.78. The number of nitrogens with zero attached hydrogens (tertiary/aromatic N) is 1. The molecule has 0 aliphatic rings. The minimum absolute atomic E-state index is 0.0202. The number of aryl methyl sites for hydroxylation is 2. The molecule has 0 saturated heterocycles. The molecule has 0 spiro atoms. The predicted molar refractivity (Wildman–Crippen MR) is 119 cm³/mol. The molecule has 8 nitrogen and oxygen atoms in total. The number of aromatic nitrogens is 1. The fourth-order valence-electron chi connectivity index (χ4n) is 2.54. The summed E-state index contributed by atoms with van der Waals surface area (Å²) in [5.41, 5.74) is 1.31. The highest BCUT2D eigenvalue weighted by molar-refractivity contribution is 9.11. The van der Waals surface area contributed by atoms with Gasteiger partial charge in [-0.2, -0.15) is 0 Å². The van der Waals surface area contributed by atoms with Crippen LogP contribution in [0, 0.1) is 13.8 Å². The van der Waals surface area contributed by atoms with Crippen molar-refractivity contribution in [2.75, 3.05) is 16.6 Å². The molecule has 0 atom stereocenters. The number of nitrogens with one attached hydrogen (secondary N) is 2. The first-order chi connectivity index (χ1) is 14.1. The Hall–Kier alpha value is -2.37. The van der Waals surface area contributed by atoms with E-state index in [-0.39, 0.29) is 23.2 Å². The van der Waals surface area contributed by atoms with Crippen LogP contribution in [0.4, 0.5) is 11.5 Å². The van der Waals surface area contributed by atoms with Crippen molar-refractivity contribution in [1.82, 2.24) is 5.16 Å². The van der Waals surface area contributed by atoms with Crippen LogP contribution in [0.3, 0.4) is 0 Å². The molecule has 11 heteroatoms. The molecule has 2 N–H and O–H groups in total. The van der Waals surface area contributed by atoms with Crippen molar-refractivity contribution >= 4 is 59.3 Å². The standard InChI is InChI=1S/C19H17Br2N3O5S/c1-11-7-13(20)9-16(21)19(11)28-10-18(25)22-14-3-5-15(6-4-14)30(26,27)24-17-8-12(2)29-23-17/h3-9H,10H2,1-2H3,(H,22,25)(H,23,24). The molecule has 0 radical (unpaired) electrons. The minimum atomic E-state index is -3.82. The maximum absolute atomic E-state index is 12.4. The molecule has 0 aliphatic heterocycles. The number of rotatable bonds is 7. The molecule has 1 heterocycles. The largest absolute Gasteiger partial charge is 0.482 e. The molecule has 0 aliphatic carbocycles. The van der Waals surface area contributed by atoms with Crippen LogP contribution < -0.4 is 14.8 Å². The molecule has 3 rings (SSSR count). The number of ether oxygens (including phenoxy) is 1. The normalized spacial score (nSPS) is 11.2. The van der Waals surface area contributed by atoms with E-state index in [1.165, 1.54) is 30.3 Å². The highest BCUT2D eigenvalue weighted by Crippen LogP contribution is 2.32. The number of hydrogen-bond donors (Lipinski definition) is 2. The van der Waals surface area contributed by atoms with Crippen molar-refractivity contribution < 1.29 is 22.5 Å². The topological polar surface area (TPSA) is 111 Å². The SMILES string of the molecule is Cc1cc(NS(=O)(=O)c2ccc(NC(=O)COc3c(C)cc(Br)cc3Br)cc2)no1. The first kappa shape index (κ1) is 22.3. The molecule has 0 fully saturated rings. The van der Waals surface area contributed by atoms with Gasteiger partial charge in [-0.15, -0.1) is 0 Å². The van der Waals surface area contributed by atoms with E-state index >= 15 is 0 Å². The first-order valence-corrected chi connectivity index (χ1v) is 11.7. The van der Waals surface area contributed by atoms with Gasteiger partial charge in [0.25, 0.3) is 15.9 Å². The Morgan fingerprint density at radius 2 is 1.83 bits per heavy atom. The maximum atomic E-state index is 12.4. The summed E-state index contributed by atoms with van der Waals surface area (Å²) in [6.07, 6.45) is 0. The lowest BCUT2D eigenvalue weighted by atomic mass is 10.2. The van der Waals surface area contributed by atoms with Gasteiger partial charge >= 0.3 is 0 Å². The van der Waals surface area contributed by atoms with Crippen LogP contribution in [-0.2, 0) is 14.8 Å². The molecule has 0 saturated carbocycles. The van der Waals surface area contributed by atoms with Crippen LogP contribution in [0.1, 0.15) is 11.3 Å². The van der Waals surface area contributed by atoms with Gasteiger partial charge in [0.05, 0.1) is 9.37 Å². The van der Waals surface area contributed by atoms with E-state index in [9.17, 15) is 13.2 Å². The summed E-state index contributed by atoms with van der Waals surface area (Å²) < 4.78 is 39.2. The average molecular weight is 559 g/mol. The molecular weight excluding hydrogens is 542 g/mol. The Kier molecular flexibility index (Phi) is 6.84. The fraction of sp³-hybridized carbons (Fsp3) is 0.158. The van der Waals surface area contributed by atoms with Crippen molar-refractivity contribution in [3.8, 4) is 5.75 Å². The Morgan fingerprint density at radius 1 is 1.13 bits per heavy atom. The summed E-state index contributed by atoms with van der Waals surface area (Å²) in [5.74, 6) is 0.773. The molecule has 2 aromatic carbocycles. The van der Waals surface area contributed by atoms with Crippen molar-refractivity contribution in [3.05, 3.63) is 62.7 Å². The smallest absolute Gasteiger partial charge is 0.263 e. The average Bonchev–Trinajstić information content (AvgIpc) is 3.05. The van der Waals surface area contributed by atoms with E-state index in [0.29, 0.717) is 17.2 Å². The number of carbonyl (C=O) groups excluding carboxylic acids is 1. The van der Waals surface area contributed by atoms with Crippen molar-refractivity contribution in [2.24, 2.45) is 0 Å². The lowest BCUT2D eigenvalue weighted by molar-refractivity contribution is -0.118. The zero-order valence-corrected chi connectivity index (χ0v) is 19.9. The number of hydrogen-bond acceptors (Lipinski definition) is 6. The number of anilines is 2. The molecule has 1 amide bonds. The summed E-state index contributed by atoms with van der Waals surface area (Å²) in [6.45, 7) is 3.33. The summed E-state index contributed by atoms with van der Waals surface area (Å²) >= 11 is 6.80. The maximum Gasteiger partial charge on any atom is 0.263 e. The van der Waals surface area contributed by atoms with Crippen LogP contribution in [0.15, 0.2) is 60.8 Å². The second kappa shape index (κ2) is 9.19. The third kappa shape index (κ3) is 5.61. The highest BCUT2D eigenvalue weighted by atomic mass is 79.9. The van der Waals surface area contributed by atoms with Crippen LogP contribution >= 0.6 is 31.9 Å². The van der Waals surface area contributed by atoms with Gasteiger partial charge in [-0.25, -0.2) is 8.42 Å². The van der Waals surface area contributed by atoms with E-state index < -0.39 is 10.0 Å². The fourth-order valence-corrected chi connectivity index (χ4v) is 5.07. The lowest BCUT2D eigenvalue weighted by Gasteiger charge is -2.12. The molecule has 0 unspecified atom stereocenters. The Labute approximate surface area is 190 Å². The van der Waals surface area contributed by atoms with E-state index in [1.807, 2.05) is 19.1 Å². The van der Waals surface area contributed by atoms with Gasteiger partial charge in [-0.05, 0) is 71.7 Å². The van der Waals surface area contributed by atoms with Crippen molar-refractivity contribution in [3.63, 3.8) is 0 Å². The van der Waals surface area contributed by atoms with Gasteiger partial charge in [-0.3, -0.25) is 9.52 Å². The summed E-state index contributed by atoms with van der Waals surface area (Å²) in [7, 11) is -3.82. The molecular formula is C19H17Br2N3O5S. The minimum Gasteiger partial charge on any atom is -0.482 e. The summed E-state index contributed by atoms with van der Waals surface area (Å²) in [5, 5.41) is 6.27. The predicted octanol–water partition coefficient (Wildman–Crippen LogP) is 4.63. The number of amides is 1. The van der Waals surface area contributed by atoms with Gasteiger partial charge in [0, 0.05) is 16.2 Å². The van der Waals surface area contributed by atoms with Crippen LogP contribution in [0.25, 0.3) is 0 Å². The number of benzene rings is 2. The van der Waals surface area contributed by atoms with Crippen LogP contribution in [0.5, 0.6) is 5.75 Å². The highest BCUT2D eigenvalue weighted by Gasteiger charge is 2.16. The molecule has 1 aromatic heterocycles. The van der Waals surface area contributed by atoms with E-state index in [0.717, 1.165) is 14.5 Å². The first-order valence-electron chi connectivity index (χ1n) is 8.58. The number of sulfonamides is 1. The summed E-state index contributed by atoms with van der Waals surface area (Å²) in [4.78, 5) is 12.2. The van der Waals surface area contributed by atoms with Gasteiger partial charge in [0.1, 0.15) is 11.5 Å².